The summed E-state index contributed by atoms with van der Waals surface area (Å²) in [4.78, 5) is 77.9. The normalized spacial score (nSPS) is 19.2. The third-order valence-corrected chi connectivity index (χ3v) is 29.3. The van der Waals surface area contributed by atoms with Crippen molar-refractivity contribution in [1.82, 2.24) is 70.8 Å². The number of aromatic amines is 5. The largest absolute Gasteiger partial charge is 0.360 e. The van der Waals surface area contributed by atoms with Gasteiger partial charge in [0.15, 0.2) is 0 Å². The Labute approximate surface area is 752 Å². The minimum Gasteiger partial charge on any atom is -0.360 e. The standard InChI is InChI=1S/C114H70N18/c1-4-16-55(17-5-1)91-85-49-58-22-10-28-67(94(58)121-85)79-40-34-73-100(115-79)101-74(35-41-80(116-101)68-29-11-23-59-50-86(91)122-95(59)68)107-106(73)127-112(128-107)64-46-65(113-129-108-75-36-42-81-69-30-12-24-60-51-87(123-96(60)69)92(56-18-6-2-7-19-56)88-52-61-25-13-31-70(97(61)124-88)82-43-37-76(109(108)130-113)103(118-82)102(75)117-81)48-66(47-64)114-131-110-77-38-44-83-71-32-14-26-62-53-89(125-98(62)71)93(57-20-8-3-9-21-57)90-54-63-27-15-33-72(99(63)126-90)84-45-39-78(111(110)132-114)105(120-84)104(77)119-83/h1-54,91-92,106-111,121-125H,(H,127,128)(H,129,130)(H,131,132). The molecule has 18 nitrogen and oxygen atoms in total. The Hall–Kier alpha value is -17.4. The Bertz CT molecular complexity index is 8740. The molecule has 8 unspecified atom stereocenters. The van der Waals surface area contributed by atoms with Crippen molar-refractivity contribution in [2.75, 3.05) is 0 Å². The second-order valence-electron chi connectivity index (χ2n) is 36.5. The van der Waals surface area contributed by atoms with Crippen molar-refractivity contribution in [3.05, 3.63) is 433 Å². The molecular weight excluding hydrogens is 1620 g/mol. The van der Waals surface area contributed by atoms with E-state index in [9.17, 15) is 0 Å². The van der Waals surface area contributed by atoms with Gasteiger partial charge in [0.05, 0.1) is 137 Å². The highest BCUT2D eigenvalue weighted by Crippen LogP contribution is 2.55. The van der Waals surface area contributed by atoms with Crippen molar-refractivity contribution in [2.24, 2.45) is 20.0 Å². The lowest BCUT2D eigenvalue weighted by atomic mass is 9.84. The topological polar surface area (TPSA) is 242 Å². The fourth-order valence-corrected chi connectivity index (χ4v) is 23.3. The second kappa shape index (κ2) is 26.2. The van der Waals surface area contributed by atoms with E-state index >= 15 is 0 Å². The summed E-state index contributed by atoms with van der Waals surface area (Å²) < 4.78 is 0. The lowest BCUT2D eigenvalue weighted by Gasteiger charge is -2.29. The third-order valence-electron chi connectivity index (χ3n) is 29.3. The van der Waals surface area contributed by atoms with Crippen LogP contribution in [0.5, 0.6) is 0 Å². The molecule has 11 aromatic heterocycles. The van der Waals surface area contributed by atoms with Gasteiger partial charge in [-0.3, -0.25) is 15.0 Å². The number of aliphatic imine (C=N–C) groups is 3. The van der Waals surface area contributed by atoms with E-state index in [2.05, 4.69) is 368 Å². The van der Waals surface area contributed by atoms with Crippen molar-refractivity contribution < 1.29 is 0 Å². The van der Waals surface area contributed by atoms with Crippen LogP contribution >= 0.6 is 0 Å². The van der Waals surface area contributed by atoms with Crippen LogP contribution in [0, 0.1) is 0 Å². The highest BCUT2D eigenvalue weighted by atomic mass is 15.2. The van der Waals surface area contributed by atoms with Gasteiger partial charge in [-0.1, -0.05) is 237 Å². The molecule has 0 fully saturated rings. The van der Waals surface area contributed by atoms with Gasteiger partial charge in [-0.2, -0.15) is 0 Å². The van der Waals surface area contributed by atoms with Crippen LogP contribution in [-0.2, 0) is 0 Å². The van der Waals surface area contributed by atoms with Gasteiger partial charge in [-0.15, -0.1) is 0 Å². The minimum absolute atomic E-state index is 0.116. The highest BCUT2D eigenvalue weighted by molar-refractivity contribution is 6.12. The Kier molecular flexibility index (Phi) is 14.0. The van der Waals surface area contributed by atoms with Gasteiger partial charge in [0, 0.05) is 150 Å². The van der Waals surface area contributed by atoms with E-state index in [1.807, 2.05) is 0 Å². The van der Waals surface area contributed by atoms with Crippen LogP contribution in [0.25, 0.3) is 168 Å². The number of rotatable bonds is 6. The number of benzene rings is 10. The molecule has 3 aliphatic carbocycles. The predicted molar refractivity (Wildman–Crippen MR) is 519 cm³/mol. The fourth-order valence-electron chi connectivity index (χ4n) is 23.3. The van der Waals surface area contributed by atoms with Crippen molar-refractivity contribution >= 4 is 83.7 Å². The first-order valence-electron chi connectivity index (χ1n) is 45.3. The predicted octanol–water partition coefficient (Wildman–Crippen LogP) is 22.1. The Morgan fingerprint density at radius 2 is 0.553 bits per heavy atom. The molecule has 18 heterocycles. The number of amidine groups is 3. The van der Waals surface area contributed by atoms with Crippen LogP contribution in [0.2, 0.25) is 0 Å². The molecule has 21 aromatic rings. The zero-order chi connectivity index (χ0) is 85.6. The first-order chi connectivity index (χ1) is 65.3. The zero-order valence-corrected chi connectivity index (χ0v) is 70.3. The van der Waals surface area contributed by atoms with E-state index in [4.69, 9.17) is 49.9 Å². The van der Waals surface area contributed by atoms with Crippen LogP contribution in [-0.4, -0.2) is 72.3 Å². The molecule has 132 heavy (non-hydrogen) atoms. The molecule has 8 N–H and O–H groups in total. The average molecular weight is 1690 g/mol. The SMILES string of the molecule is C1=c2cccc3c2=NC1=C(c1ccccc1)c1cc2cccc(c2[nH]1)-c1ccc2c(n1)-c1nc-3ccc1C1N=C(c3cc(C4=NC5c6ccc7nc6-c6nc(ccc6C5N4)-c4cccc5cc([nH]c45)C(c4ccccc4)c4cc5cccc-7c5[nH]4)cc(C4=NC5c6ccc7nc6-c6nc(ccc6C5N4)-c4cccc5cc([nH]c45)C(c4ccccc4)c4cc5cccc-7c5[nH]4)c3)NC21. The first-order valence-corrected chi connectivity index (χ1v) is 45.3. The second-order valence-corrected chi connectivity index (χ2v) is 36.5. The average Bonchev–Trinajstić information content (AvgIpc) is 1.47. The van der Waals surface area contributed by atoms with Gasteiger partial charge in [0.2, 0.25) is 0 Å². The first kappa shape index (κ1) is 70.7. The smallest absolute Gasteiger partial charge is 0.129 e. The molecule has 0 amide bonds. The van der Waals surface area contributed by atoms with Crippen molar-refractivity contribution in [3.8, 4) is 102 Å². The molecule has 0 saturated carbocycles. The van der Waals surface area contributed by atoms with Crippen LogP contribution < -0.4 is 26.5 Å². The van der Waals surface area contributed by atoms with Gasteiger partial charge >= 0.3 is 0 Å². The molecule has 31 rings (SSSR count). The number of H-pyrrole nitrogens is 5. The lowest BCUT2D eigenvalue weighted by molar-refractivity contribution is 0.561. The zero-order valence-electron chi connectivity index (χ0n) is 70.3. The summed E-state index contributed by atoms with van der Waals surface area (Å²) in [5.74, 6) is 1.91. The monoisotopic (exact) mass is 1690 g/mol. The molecular formula is C114H70N18. The molecule has 0 radical (unpaired) electrons. The highest BCUT2D eigenvalue weighted by Gasteiger charge is 2.46. The number of pyridine rings is 6. The molecule has 0 saturated heterocycles. The number of allylic oxidation sites excluding steroid dienone is 1. The van der Waals surface area contributed by atoms with Gasteiger partial charge in [-0.25, -0.2) is 34.9 Å². The molecule has 8 atom stereocenters. The minimum atomic E-state index is -0.416. The number of hydrogen-bond donors (Lipinski definition) is 8. The van der Waals surface area contributed by atoms with Crippen LogP contribution in [0.3, 0.4) is 0 Å². The van der Waals surface area contributed by atoms with Crippen molar-refractivity contribution in [1.29, 1.82) is 0 Å². The molecule has 24 bridgehead atoms. The Morgan fingerprint density at radius 1 is 0.242 bits per heavy atom. The summed E-state index contributed by atoms with van der Waals surface area (Å²) in [7, 11) is 0. The molecule has 7 aliphatic heterocycles. The molecule has 10 aromatic carbocycles. The Morgan fingerprint density at radius 3 is 0.924 bits per heavy atom. The third kappa shape index (κ3) is 10.1. The summed E-state index contributed by atoms with van der Waals surface area (Å²) in [6, 6.07) is 114. The number of hydrogen-bond acceptors (Lipinski definition) is 13. The van der Waals surface area contributed by atoms with Crippen LogP contribution in [0.1, 0.15) is 143 Å². The summed E-state index contributed by atoms with van der Waals surface area (Å²) >= 11 is 0. The van der Waals surface area contributed by atoms with Gasteiger partial charge in [-0.05, 0) is 108 Å². The van der Waals surface area contributed by atoms with Crippen molar-refractivity contribution in [3.63, 3.8) is 0 Å². The van der Waals surface area contributed by atoms with Gasteiger partial charge in [0.1, 0.15) is 35.6 Å². The van der Waals surface area contributed by atoms with E-state index in [0.717, 1.165) is 262 Å². The van der Waals surface area contributed by atoms with E-state index in [1.165, 1.54) is 11.1 Å². The summed E-state index contributed by atoms with van der Waals surface area (Å²) in [5.41, 5.74) is 39.9. The molecule has 10 aliphatic rings. The van der Waals surface area contributed by atoms with E-state index in [1.54, 1.807) is 0 Å². The number of nitrogens with zero attached hydrogens (tertiary/aromatic N) is 10. The number of para-hydroxylation sites is 6. The van der Waals surface area contributed by atoms with Crippen LogP contribution in [0.4, 0.5) is 0 Å². The maximum Gasteiger partial charge on any atom is 0.129 e. The molecule has 18 heteroatoms. The molecule has 0 spiro atoms. The summed E-state index contributed by atoms with van der Waals surface area (Å²) in [6.07, 6.45) is 2.22. The van der Waals surface area contributed by atoms with E-state index < -0.39 is 18.1 Å². The summed E-state index contributed by atoms with van der Waals surface area (Å²) in [5, 5.41) is 19.8. The van der Waals surface area contributed by atoms with Crippen LogP contribution in [0.15, 0.2) is 347 Å². The van der Waals surface area contributed by atoms with Crippen molar-refractivity contribution in [2.45, 2.75) is 48.1 Å². The maximum absolute atomic E-state index is 5.94. The van der Waals surface area contributed by atoms with E-state index in [-0.39, 0.29) is 30.0 Å². The summed E-state index contributed by atoms with van der Waals surface area (Å²) in [6.45, 7) is 0. The molecule has 616 valence electrons. The maximum atomic E-state index is 5.94. The number of nitrogens with one attached hydrogen (secondary N) is 8. The lowest BCUT2D eigenvalue weighted by Crippen LogP contribution is -2.31. The van der Waals surface area contributed by atoms with Gasteiger partial charge < -0.3 is 40.9 Å². The quantitative estimate of drug-likeness (QED) is 0.0788. The fraction of sp³-hybridized carbons (Fsp3) is 0.0702. The number of fused-ring (bicyclic) bond motifs is 27. The Balaban J connectivity index is 0.582. The van der Waals surface area contributed by atoms with Gasteiger partial charge in [0.25, 0.3) is 0 Å². The van der Waals surface area contributed by atoms with E-state index in [0.29, 0.717) is 17.5 Å². The number of aromatic nitrogens is 11.